The molecular formula is C23H27N3OS. The SMILES string of the molecule is Cc1cc(C)cc(NC(=O)N[C@H](C)c2c(-n3cccc3)sc3c2CCCC3)c1. The largest absolute Gasteiger partial charge is 0.331 e. The summed E-state index contributed by atoms with van der Waals surface area (Å²) in [7, 11) is 0. The van der Waals surface area contributed by atoms with Gasteiger partial charge in [-0.15, -0.1) is 11.3 Å². The standard InChI is InChI=1S/C23H27N3OS/c1-15-12-16(2)14-18(13-15)25-23(27)24-17(3)21-19-8-4-5-9-20(19)28-22(21)26-10-6-7-11-26/h6-7,10-14,17H,4-5,8-9H2,1-3H3,(H2,24,25,27)/t17-/m1/s1. The van der Waals surface area contributed by atoms with Gasteiger partial charge in [0, 0.05) is 28.5 Å². The number of nitrogens with zero attached hydrogens (tertiary/aromatic N) is 1. The van der Waals surface area contributed by atoms with Gasteiger partial charge >= 0.3 is 6.03 Å². The Morgan fingerprint density at radius 1 is 1.07 bits per heavy atom. The van der Waals surface area contributed by atoms with E-state index in [1.54, 1.807) is 0 Å². The van der Waals surface area contributed by atoms with Crippen molar-refractivity contribution < 1.29 is 4.79 Å². The Balaban J connectivity index is 1.58. The van der Waals surface area contributed by atoms with Crippen LogP contribution in [0.4, 0.5) is 10.5 Å². The fourth-order valence-electron chi connectivity index (χ4n) is 4.17. The first-order valence-electron chi connectivity index (χ1n) is 9.95. The number of benzene rings is 1. The maximum atomic E-state index is 12.7. The normalized spacial score (nSPS) is 14.4. The summed E-state index contributed by atoms with van der Waals surface area (Å²) in [6, 6.07) is 9.98. The van der Waals surface area contributed by atoms with Crippen molar-refractivity contribution in [3.05, 3.63) is 69.9 Å². The van der Waals surface area contributed by atoms with Crippen molar-refractivity contribution in [1.29, 1.82) is 0 Å². The lowest BCUT2D eigenvalue weighted by Crippen LogP contribution is -2.32. The van der Waals surface area contributed by atoms with Gasteiger partial charge in [0.05, 0.1) is 6.04 Å². The number of rotatable bonds is 4. The van der Waals surface area contributed by atoms with E-state index in [2.05, 4.69) is 40.6 Å². The number of urea groups is 1. The molecule has 146 valence electrons. The molecule has 1 aromatic carbocycles. The van der Waals surface area contributed by atoms with Crippen LogP contribution in [0.3, 0.4) is 0 Å². The van der Waals surface area contributed by atoms with Crippen molar-refractivity contribution in [2.75, 3.05) is 5.32 Å². The van der Waals surface area contributed by atoms with Gasteiger partial charge in [-0.3, -0.25) is 0 Å². The van der Waals surface area contributed by atoms with Gasteiger partial charge in [-0.25, -0.2) is 4.79 Å². The van der Waals surface area contributed by atoms with E-state index < -0.39 is 0 Å². The fraction of sp³-hybridized carbons (Fsp3) is 0.348. The quantitative estimate of drug-likeness (QED) is 0.568. The monoisotopic (exact) mass is 393 g/mol. The fourth-order valence-corrected chi connectivity index (χ4v) is 5.62. The molecule has 1 aliphatic rings. The van der Waals surface area contributed by atoms with Gasteiger partial charge in [-0.1, -0.05) is 6.07 Å². The minimum Gasteiger partial charge on any atom is -0.331 e. The summed E-state index contributed by atoms with van der Waals surface area (Å²) >= 11 is 1.87. The van der Waals surface area contributed by atoms with Gasteiger partial charge in [0.2, 0.25) is 0 Å². The summed E-state index contributed by atoms with van der Waals surface area (Å²) in [6.07, 6.45) is 8.91. The summed E-state index contributed by atoms with van der Waals surface area (Å²) in [5.41, 5.74) is 5.83. The number of fused-ring (bicyclic) bond motifs is 1. The zero-order chi connectivity index (χ0) is 19.7. The van der Waals surface area contributed by atoms with Crippen LogP contribution < -0.4 is 10.6 Å². The molecule has 0 fully saturated rings. The Labute approximate surface area is 170 Å². The average molecular weight is 394 g/mol. The molecule has 0 radical (unpaired) electrons. The second-order valence-electron chi connectivity index (χ2n) is 7.72. The third kappa shape index (κ3) is 3.85. The Kier molecular flexibility index (Phi) is 5.27. The molecule has 0 bridgehead atoms. The van der Waals surface area contributed by atoms with E-state index in [9.17, 15) is 4.79 Å². The van der Waals surface area contributed by atoms with Crippen LogP contribution in [0.25, 0.3) is 5.00 Å². The van der Waals surface area contributed by atoms with Crippen LogP contribution in [0.2, 0.25) is 0 Å². The van der Waals surface area contributed by atoms with Gasteiger partial charge in [0.1, 0.15) is 5.00 Å². The zero-order valence-corrected chi connectivity index (χ0v) is 17.5. The molecule has 2 amide bonds. The smallest absolute Gasteiger partial charge is 0.319 e. The first-order valence-corrected chi connectivity index (χ1v) is 10.8. The second-order valence-corrected chi connectivity index (χ2v) is 8.80. The van der Waals surface area contributed by atoms with Crippen LogP contribution in [-0.2, 0) is 12.8 Å². The molecule has 4 rings (SSSR count). The van der Waals surface area contributed by atoms with Gasteiger partial charge in [-0.05, 0) is 87.4 Å². The summed E-state index contributed by atoms with van der Waals surface area (Å²) < 4.78 is 2.18. The van der Waals surface area contributed by atoms with E-state index >= 15 is 0 Å². The van der Waals surface area contributed by atoms with Crippen molar-refractivity contribution in [3.63, 3.8) is 0 Å². The number of nitrogens with one attached hydrogen (secondary N) is 2. The maximum absolute atomic E-state index is 12.7. The van der Waals surface area contributed by atoms with Crippen LogP contribution in [0.15, 0.2) is 42.7 Å². The molecule has 3 aromatic rings. The molecule has 28 heavy (non-hydrogen) atoms. The van der Waals surface area contributed by atoms with E-state index in [1.165, 1.54) is 33.8 Å². The Bertz CT molecular complexity index is 967. The number of aryl methyl sites for hydroxylation is 3. The molecule has 0 saturated carbocycles. The third-order valence-electron chi connectivity index (χ3n) is 5.29. The van der Waals surface area contributed by atoms with Crippen molar-refractivity contribution in [1.82, 2.24) is 9.88 Å². The zero-order valence-electron chi connectivity index (χ0n) is 16.7. The molecular weight excluding hydrogens is 366 g/mol. The molecule has 0 aliphatic heterocycles. The van der Waals surface area contributed by atoms with E-state index in [1.807, 2.05) is 49.4 Å². The van der Waals surface area contributed by atoms with Gasteiger partial charge < -0.3 is 15.2 Å². The molecule has 0 unspecified atom stereocenters. The number of aromatic nitrogens is 1. The molecule has 2 aromatic heterocycles. The van der Waals surface area contributed by atoms with E-state index in [4.69, 9.17) is 0 Å². The first-order chi connectivity index (χ1) is 13.5. The van der Waals surface area contributed by atoms with Crippen LogP contribution in [0, 0.1) is 13.8 Å². The highest BCUT2D eigenvalue weighted by Gasteiger charge is 2.25. The number of hydrogen-bond donors (Lipinski definition) is 2. The lowest BCUT2D eigenvalue weighted by Gasteiger charge is -2.20. The number of anilines is 1. The number of hydrogen-bond acceptors (Lipinski definition) is 2. The second kappa shape index (κ2) is 7.84. The molecule has 0 spiro atoms. The topological polar surface area (TPSA) is 46.1 Å². The molecule has 5 heteroatoms. The summed E-state index contributed by atoms with van der Waals surface area (Å²) in [4.78, 5) is 14.2. The van der Waals surface area contributed by atoms with Gasteiger partial charge in [0.15, 0.2) is 0 Å². The molecule has 0 saturated heterocycles. The van der Waals surface area contributed by atoms with E-state index in [-0.39, 0.29) is 12.1 Å². The molecule has 4 nitrogen and oxygen atoms in total. The minimum atomic E-state index is -0.160. The lowest BCUT2D eigenvalue weighted by atomic mass is 9.93. The number of thiophene rings is 1. The highest BCUT2D eigenvalue weighted by atomic mass is 32.1. The summed E-state index contributed by atoms with van der Waals surface area (Å²) in [5, 5.41) is 7.40. The summed E-state index contributed by atoms with van der Waals surface area (Å²) in [6.45, 7) is 6.17. The first kappa shape index (κ1) is 18.8. The van der Waals surface area contributed by atoms with Crippen LogP contribution >= 0.6 is 11.3 Å². The summed E-state index contributed by atoms with van der Waals surface area (Å²) in [5.74, 6) is 0. The van der Waals surface area contributed by atoms with Crippen LogP contribution in [0.5, 0.6) is 0 Å². The molecule has 1 aliphatic carbocycles. The Morgan fingerprint density at radius 3 is 2.46 bits per heavy atom. The van der Waals surface area contributed by atoms with E-state index in [0.29, 0.717) is 0 Å². The highest BCUT2D eigenvalue weighted by Crippen LogP contribution is 2.40. The number of carbonyl (C=O) groups excluding carboxylic acids is 1. The van der Waals surface area contributed by atoms with Crippen molar-refractivity contribution >= 4 is 23.1 Å². The van der Waals surface area contributed by atoms with E-state index in [0.717, 1.165) is 29.7 Å². The predicted octanol–water partition coefficient (Wildman–Crippen LogP) is 5.92. The van der Waals surface area contributed by atoms with Gasteiger partial charge in [-0.2, -0.15) is 0 Å². The number of amides is 2. The lowest BCUT2D eigenvalue weighted by molar-refractivity contribution is 0.249. The maximum Gasteiger partial charge on any atom is 0.319 e. The minimum absolute atomic E-state index is 0.0543. The molecule has 1 atom stereocenters. The predicted molar refractivity (Wildman–Crippen MR) is 117 cm³/mol. The molecule has 2 N–H and O–H groups in total. The van der Waals surface area contributed by atoms with Crippen LogP contribution in [0.1, 0.15) is 52.9 Å². The van der Waals surface area contributed by atoms with Crippen molar-refractivity contribution in [2.45, 2.75) is 52.5 Å². The van der Waals surface area contributed by atoms with Crippen molar-refractivity contribution in [3.8, 4) is 5.00 Å². The van der Waals surface area contributed by atoms with Crippen molar-refractivity contribution in [2.24, 2.45) is 0 Å². The third-order valence-corrected chi connectivity index (χ3v) is 6.61. The Hall–Kier alpha value is -2.53. The Morgan fingerprint density at radius 2 is 1.75 bits per heavy atom. The van der Waals surface area contributed by atoms with Gasteiger partial charge in [0.25, 0.3) is 0 Å². The molecule has 2 heterocycles. The highest BCUT2D eigenvalue weighted by molar-refractivity contribution is 7.15. The average Bonchev–Trinajstić information content (AvgIpc) is 3.28. The van der Waals surface area contributed by atoms with Crippen LogP contribution in [-0.4, -0.2) is 10.6 Å². The number of carbonyl (C=O) groups is 1.